The Balaban J connectivity index is 1.92. The minimum absolute atomic E-state index is 0.232. The van der Waals surface area contributed by atoms with Crippen LogP contribution in [0.15, 0.2) is 24.3 Å². The zero-order chi connectivity index (χ0) is 14.6. The largest absolute Gasteiger partial charge is 0.490 e. The van der Waals surface area contributed by atoms with E-state index in [4.69, 9.17) is 9.84 Å². The smallest absolute Gasteiger partial charge is 0.306 e. The van der Waals surface area contributed by atoms with Crippen LogP contribution in [0, 0.1) is 5.92 Å². The monoisotopic (exact) mass is 278 g/mol. The normalized spacial score (nSPS) is 26.2. The topological polar surface area (TPSA) is 66.8 Å². The molecule has 2 rings (SSSR count). The van der Waals surface area contributed by atoms with Gasteiger partial charge in [-0.15, -0.1) is 0 Å². The van der Waals surface area contributed by atoms with Gasteiger partial charge in [-0.05, 0) is 43.7 Å². The molecule has 0 bridgehead atoms. The average Bonchev–Trinajstić information content (AvgIpc) is 2.46. The molecule has 1 aliphatic rings. The second kappa shape index (κ2) is 6.27. The van der Waals surface area contributed by atoms with E-state index in [1.54, 1.807) is 0 Å². The second-order valence-electron chi connectivity index (χ2n) is 5.59. The van der Waals surface area contributed by atoms with Crippen LogP contribution in [0.3, 0.4) is 0 Å². The first kappa shape index (κ1) is 14.9. The van der Waals surface area contributed by atoms with Crippen LogP contribution in [0.25, 0.3) is 0 Å². The van der Waals surface area contributed by atoms with Crippen LogP contribution in [0.2, 0.25) is 0 Å². The first-order chi connectivity index (χ1) is 9.54. The van der Waals surface area contributed by atoms with Gasteiger partial charge in [0.05, 0.1) is 11.5 Å². The minimum atomic E-state index is -0.896. The summed E-state index contributed by atoms with van der Waals surface area (Å²) in [5.74, 6) is -0.272. The number of aliphatic carboxylic acids is 1. The molecule has 20 heavy (non-hydrogen) atoms. The van der Waals surface area contributed by atoms with E-state index in [1.807, 2.05) is 24.3 Å². The number of benzene rings is 1. The summed E-state index contributed by atoms with van der Waals surface area (Å²) in [4.78, 5) is 10.9. The van der Waals surface area contributed by atoms with E-state index in [0.717, 1.165) is 17.7 Å². The lowest BCUT2D eigenvalue weighted by Gasteiger charge is -2.34. The number of hydrogen-bond acceptors (Lipinski definition) is 3. The minimum Gasteiger partial charge on any atom is -0.490 e. The van der Waals surface area contributed by atoms with Crippen molar-refractivity contribution in [1.29, 1.82) is 0 Å². The number of hydrogen-bond donors (Lipinski definition) is 2. The van der Waals surface area contributed by atoms with Crippen LogP contribution < -0.4 is 4.74 Å². The lowest BCUT2D eigenvalue weighted by atomic mass is 9.79. The molecule has 1 aromatic carbocycles. The van der Waals surface area contributed by atoms with Gasteiger partial charge < -0.3 is 14.9 Å². The number of carbonyl (C=O) groups is 1. The molecule has 0 aromatic heterocycles. The van der Waals surface area contributed by atoms with E-state index >= 15 is 0 Å². The molecule has 0 heterocycles. The molecular weight excluding hydrogens is 256 g/mol. The molecule has 0 spiro atoms. The SMILES string of the molecule is CCc1ccccc1OCC1(O)CCC(C(=O)O)CC1. The standard InChI is InChI=1S/C16H22O4/c1-2-12-5-3-4-6-14(12)20-11-16(19)9-7-13(8-10-16)15(17)18/h3-6,13,19H,2,7-11H2,1H3,(H,17,18). The molecule has 1 saturated carbocycles. The molecule has 1 aromatic rings. The molecule has 1 aliphatic carbocycles. The number of aryl methyl sites for hydroxylation is 1. The fourth-order valence-electron chi connectivity index (χ4n) is 2.70. The van der Waals surface area contributed by atoms with Crippen LogP contribution in [0.4, 0.5) is 0 Å². The van der Waals surface area contributed by atoms with Gasteiger partial charge in [0, 0.05) is 0 Å². The van der Waals surface area contributed by atoms with Gasteiger partial charge in [-0.1, -0.05) is 25.1 Å². The molecule has 4 nitrogen and oxygen atoms in total. The Bertz CT molecular complexity index is 461. The van der Waals surface area contributed by atoms with Gasteiger partial charge in [0.25, 0.3) is 0 Å². The van der Waals surface area contributed by atoms with Gasteiger partial charge in [0.1, 0.15) is 12.4 Å². The number of aliphatic hydroxyl groups is 1. The zero-order valence-electron chi connectivity index (χ0n) is 11.8. The predicted octanol–water partition coefficient (Wildman–Crippen LogP) is 2.63. The van der Waals surface area contributed by atoms with Crippen molar-refractivity contribution in [3.8, 4) is 5.75 Å². The van der Waals surface area contributed by atoms with E-state index < -0.39 is 11.6 Å². The number of rotatable bonds is 5. The van der Waals surface area contributed by atoms with Crippen LogP contribution >= 0.6 is 0 Å². The number of carboxylic acid groups (broad SMARTS) is 1. The number of carboxylic acids is 1. The average molecular weight is 278 g/mol. The van der Waals surface area contributed by atoms with Crippen molar-refractivity contribution < 1.29 is 19.7 Å². The van der Waals surface area contributed by atoms with Crippen molar-refractivity contribution in [3.63, 3.8) is 0 Å². The maximum absolute atomic E-state index is 10.9. The highest BCUT2D eigenvalue weighted by Crippen LogP contribution is 2.33. The van der Waals surface area contributed by atoms with Crippen molar-refractivity contribution in [3.05, 3.63) is 29.8 Å². The van der Waals surface area contributed by atoms with Crippen molar-refractivity contribution in [2.75, 3.05) is 6.61 Å². The van der Waals surface area contributed by atoms with Gasteiger partial charge in [-0.2, -0.15) is 0 Å². The molecule has 2 N–H and O–H groups in total. The summed E-state index contributed by atoms with van der Waals surface area (Å²) in [5, 5.41) is 19.4. The highest BCUT2D eigenvalue weighted by Gasteiger charge is 2.36. The van der Waals surface area contributed by atoms with Gasteiger partial charge in [-0.3, -0.25) is 4.79 Å². The number of ether oxygens (including phenoxy) is 1. The van der Waals surface area contributed by atoms with Crippen LogP contribution in [0.5, 0.6) is 5.75 Å². The summed E-state index contributed by atoms with van der Waals surface area (Å²) in [6.07, 6.45) is 2.89. The fraction of sp³-hybridized carbons (Fsp3) is 0.562. The van der Waals surface area contributed by atoms with Gasteiger partial charge in [0.15, 0.2) is 0 Å². The lowest BCUT2D eigenvalue weighted by Crippen LogP contribution is -2.41. The maximum atomic E-state index is 10.9. The van der Waals surface area contributed by atoms with E-state index in [1.165, 1.54) is 0 Å². The van der Waals surface area contributed by atoms with Gasteiger partial charge in [0.2, 0.25) is 0 Å². The molecule has 1 fully saturated rings. The fourth-order valence-corrected chi connectivity index (χ4v) is 2.70. The molecular formula is C16H22O4. The third kappa shape index (κ3) is 3.51. The summed E-state index contributed by atoms with van der Waals surface area (Å²) < 4.78 is 5.77. The van der Waals surface area contributed by atoms with Crippen LogP contribution in [0.1, 0.15) is 38.2 Å². The molecule has 0 atom stereocenters. The van der Waals surface area contributed by atoms with E-state index in [9.17, 15) is 9.90 Å². The quantitative estimate of drug-likeness (QED) is 0.869. The number of para-hydroxylation sites is 1. The molecule has 4 heteroatoms. The third-order valence-electron chi connectivity index (χ3n) is 4.12. The van der Waals surface area contributed by atoms with Gasteiger partial charge in [-0.25, -0.2) is 0 Å². The van der Waals surface area contributed by atoms with Crippen LogP contribution in [-0.4, -0.2) is 28.4 Å². The Kier molecular flexibility index (Phi) is 4.65. The summed E-state index contributed by atoms with van der Waals surface area (Å²) in [6.45, 7) is 2.30. The first-order valence-corrected chi connectivity index (χ1v) is 7.20. The predicted molar refractivity (Wildman–Crippen MR) is 75.9 cm³/mol. The van der Waals surface area contributed by atoms with Gasteiger partial charge >= 0.3 is 5.97 Å². The molecule has 0 radical (unpaired) electrons. The van der Waals surface area contributed by atoms with Crippen molar-refractivity contribution in [2.24, 2.45) is 5.92 Å². The van der Waals surface area contributed by atoms with E-state index in [-0.39, 0.29) is 12.5 Å². The highest BCUT2D eigenvalue weighted by atomic mass is 16.5. The Morgan fingerprint density at radius 2 is 2.00 bits per heavy atom. The van der Waals surface area contributed by atoms with Crippen LogP contribution in [-0.2, 0) is 11.2 Å². The zero-order valence-corrected chi connectivity index (χ0v) is 11.8. The summed E-state index contributed by atoms with van der Waals surface area (Å²) in [7, 11) is 0. The first-order valence-electron chi connectivity index (χ1n) is 7.20. The Morgan fingerprint density at radius 3 is 2.60 bits per heavy atom. The Hall–Kier alpha value is -1.55. The maximum Gasteiger partial charge on any atom is 0.306 e. The third-order valence-corrected chi connectivity index (χ3v) is 4.12. The Morgan fingerprint density at radius 1 is 1.35 bits per heavy atom. The Labute approximate surface area is 119 Å². The van der Waals surface area contributed by atoms with E-state index in [0.29, 0.717) is 25.7 Å². The molecule has 110 valence electrons. The highest BCUT2D eigenvalue weighted by molar-refractivity contribution is 5.70. The van der Waals surface area contributed by atoms with E-state index in [2.05, 4.69) is 6.92 Å². The van der Waals surface area contributed by atoms with Crippen molar-refractivity contribution in [1.82, 2.24) is 0 Å². The summed E-state index contributed by atoms with van der Waals surface area (Å²) in [6, 6.07) is 7.81. The summed E-state index contributed by atoms with van der Waals surface area (Å²) in [5.41, 5.74) is 0.225. The lowest BCUT2D eigenvalue weighted by molar-refractivity contribution is -0.145. The molecule has 0 unspecified atom stereocenters. The van der Waals surface area contributed by atoms with Crippen molar-refractivity contribution >= 4 is 5.97 Å². The van der Waals surface area contributed by atoms with Crippen molar-refractivity contribution in [2.45, 2.75) is 44.6 Å². The molecule has 0 aliphatic heterocycles. The molecule has 0 amide bonds. The second-order valence-corrected chi connectivity index (χ2v) is 5.59. The molecule has 0 saturated heterocycles. The summed E-state index contributed by atoms with van der Waals surface area (Å²) >= 11 is 0.